The topological polar surface area (TPSA) is 37.3 Å². The highest BCUT2D eigenvalue weighted by Crippen LogP contribution is 2.27. The molecule has 5 heteroatoms. The lowest BCUT2D eigenvalue weighted by atomic mass is 10.0. The number of likely N-dealkylation sites (tertiary alicyclic amines) is 1. The minimum absolute atomic E-state index is 0.0965. The zero-order chi connectivity index (χ0) is 21.9. The number of aromatic nitrogens is 1. The standard InChI is InChI=1S/C27H32FN3O/c28-25-9-4-6-20(14-25)18-29-19-24-16-23-15-21-7-5-8-22(21)17-26(23)31(27(24)32)13-12-30-10-2-1-3-11-30/h4,6,9,14-17,29H,1-3,5,7-8,10-13,18-19H2. The fourth-order valence-electron chi connectivity index (χ4n) is 5.27. The highest BCUT2D eigenvalue weighted by molar-refractivity contribution is 5.82. The summed E-state index contributed by atoms with van der Waals surface area (Å²) in [6.45, 7) is 4.94. The summed E-state index contributed by atoms with van der Waals surface area (Å²) in [7, 11) is 0. The van der Waals surface area contributed by atoms with Gasteiger partial charge in [-0.25, -0.2) is 4.39 Å². The molecule has 1 aromatic heterocycles. The average Bonchev–Trinajstić information content (AvgIpc) is 3.26. The van der Waals surface area contributed by atoms with Gasteiger partial charge in [-0.2, -0.15) is 0 Å². The van der Waals surface area contributed by atoms with Crippen LogP contribution < -0.4 is 10.9 Å². The van der Waals surface area contributed by atoms with Gasteiger partial charge in [0.05, 0.1) is 5.52 Å². The first kappa shape index (κ1) is 21.4. The van der Waals surface area contributed by atoms with E-state index in [2.05, 4.69) is 28.4 Å². The Balaban J connectivity index is 1.42. The second kappa shape index (κ2) is 9.55. The highest BCUT2D eigenvalue weighted by Gasteiger charge is 2.17. The van der Waals surface area contributed by atoms with Gasteiger partial charge in [0, 0.05) is 31.7 Å². The van der Waals surface area contributed by atoms with Gasteiger partial charge in [0.15, 0.2) is 0 Å². The van der Waals surface area contributed by atoms with Gasteiger partial charge in [0.1, 0.15) is 5.82 Å². The molecule has 0 radical (unpaired) electrons. The van der Waals surface area contributed by atoms with Crippen LogP contribution in [0.2, 0.25) is 0 Å². The molecule has 5 rings (SSSR count). The van der Waals surface area contributed by atoms with Gasteiger partial charge in [0.25, 0.3) is 5.56 Å². The van der Waals surface area contributed by atoms with Gasteiger partial charge in [-0.05, 0) is 97.6 Å². The van der Waals surface area contributed by atoms with Crippen LogP contribution in [0.25, 0.3) is 10.9 Å². The molecule has 3 aromatic rings. The molecule has 1 aliphatic heterocycles. The Bertz CT molecular complexity index is 1160. The molecule has 0 spiro atoms. The Morgan fingerprint density at radius 1 is 0.875 bits per heavy atom. The second-order valence-electron chi connectivity index (χ2n) is 9.30. The fraction of sp³-hybridized carbons (Fsp3) is 0.444. The maximum Gasteiger partial charge on any atom is 0.255 e. The van der Waals surface area contributed by atoms with Crippen LogP contribution in [0.3, 0.4) is 0 Å². The van der Waals surface area contributed by atoms with Gasteiger partial charge < -0.3 is 14.8 Å². The number of nitrogens with zero attached hydrogens (tertiary/aromatic N) is 2. The van der Waals surface area contributed by atoms with Crippen LogP contribution in [0, 0.1) is 5.82 Å². The number of nitrogens with one attached hydrogen (secondary N) is 1. The van der Waals surface area contributed by atoms with Crippen LogP contribution in [0.4, 0.5) is 4.39 Å². The van der Waals surface area contributed by atoms with Crippen LogP contribution in [-0.2, 0) is 32.5 Å². The number of hydrogen-bond acceptors (Lipinski definition) is 3. The van der Waals surface area contributed by atoms with Gasteiger partial charge in [-0.3, -0.25) is 4.79 Å². The Hall–Kier alpha value is -2.50. The number of benzene rings is 2. The molecule has 0 bridgehead atoms. The van der Waals surface area contributed by atoms with Crippen LogP contribution in [0.15, 0.2) is 47.3 Å². The molecule has 2 heterocycles. The maximum atomic E-state index is 13.5. The summed E-state index contributed by atoms with van der Waals surface area (Å²) < 4.78 is 15.5. The van der Waals surface area contributed by atoms with Gasteiger partial charge in [-0.15, -0.1) is 0 Å². The summed E-state index contributed by atoms with van der Waals surface area (Å²) in [5, 5.41) is 4.50. The molecule has 1 saturated heterocycles. The Morgan fingerprint density at radius 2 is 1.69 bits per heavy atom. The second-order valence-corrected chi connectivity index (χ2v) is 9.30. The molecule has 0 unspecified atom stereocenters. The molecule has 2 aliphatic rings. The predicted octanol–water partition coefficient (Wildman–Crippen LogP) is 4.41. The molecule has 0 amide bonds. The first-order valence-corrected chi connectivity index (χ1v) is 12.0. The van der Waals surface area contributed by atoms with Crippen molar-refractivity contribution in [1.29, 1.82) is 0 Å². The zero-order valence-electron chi connectivity index (χ0n) is 18.7. The van der Waals surface area contributed by atoms with Crippen molar-refractivity contribution < 1.29 is 4.39 Å². The normalized spacial score (nSPS) is 16.5. The third-order valence-electron chi connectivity index (χ3n) is 7.00. The van der Waals surface area contributed by atoms with Crippen molar-refractivity contribution in [2.45, 2.75) is 58.2 Å². The van der Waals surface area contributed by atoms with Crippen LogP contribution >= 0.6 is 0 Å². The van der Waals surface area contributed by atoms with E-state index in [-0.39, 0.29) is 11.4 Å². The van der Waals surface area contributed by atoms with Gasteiger partial charge >= 0.3 is 0 Å². The molecule has 4 nitrogen and oxygen atoms in total. The molecule has 32 heavy (non-hydrogen) atoms. The summed E-state index contributed by atoms with van der Waals surface area (Å²) >= 11 is 0. The van der Waals surface area contributed by atoms with E-state index in [0.29, 0.717) is 13.1 Å². The number of fused-ring (bicyclic) bond motifs is 2. The molecular weight excluding hydrogens is 401 g/mol. The van der Waals surface area contributed by atoms with Crippen molar-refractivity contribution in [3.05, 3.63) is 80.9 Å². The quantitative estimate of drug-likeness (QED) is 0.600. The highest BCUT2D eigenvalue weighted by atomic mass is 19.1. The summed E-state index contributed by atoms with van der Waals surface area (Å²) in [5.74, 6) is -0.232. The third-order valence-corrected chi connectivity index (χ3v) is 7.00. The zero-order valence-corrected chi connectivity index (χ0v) is 18.7. The van der Waals surface area contributed by atoms with E-state index < -0.39 is 0 Å². The van der Waals surface area contributed by atoms with Crippen LogP contribution in [-0.4, -0.2) is 29.1 Å². The number of hydrogen-bond donors (Lipinski definition) is 1. The van der Waals surface area contributed by atoms with Crippen molar-refractivity contribution in [3.63, 3.8) is 0 Å². The SMILES string of the molecule is O=c1c(CNCc2cccc(F)c2)cc2cc3c(cc2n1CCN1CCCCC1)CCC3. The van der Waals surface area contributed by atoms with E-state index in [1.54, 1.807) is 6.07 Å². The van der Waals surface area contributed by atoms with Crippen molar-refractivity contribution in [2.24, 2.45) is 0 Å². The third kappa shape index (κ3) is 4.64. The average molecular weight is 434 g/mol. The van der Waals surface area contributed by atoms with Crippen LogP contribution in [0.5, 0.6) is 0 Å². The molecule has 168 valence electrons. The molecule has 0 atom stereocenters. The minimum atomic E-state index is -0.232. The predicted molar refractivity (Wildman–Crippen MR) is 127 cm³/mol. The fourth-order valence-corrected chi connectivity index (χ4v) is 5.27. The van der Waals surface area contributed by atoms with Crippen LogP contribution in [0.1, 0.15) is 47.9 Å². The Labute approximate surface area is 189 Å². The minimum Gasteiger partial charge on any atom is -0.308 e. The van der Waals surface area contributed by atoms with E-state index in [9.17, 15) is 9.18 Å². The van der Waals surface area contributed by atoms with E-state index in [1.807, 2.05) is 10.6 Å². The van der Waals surface area contributed by atoms with Crippen molar-refractivity contribution in [1.82, 2.24) is 14.8 Å². The number of pyridine rings is 1. The number of rotatable bonds is 7. The van der Waals surface area contributed by atoms with Gasteiger partial charge in [0.2, 0.25) is 0 Å². The van der Waals surface area contributed by atoms with E-state index in [1.165, 1.54) is 48.9 Å². The Kier molecular flexibility index (Phi) is 6.37. The summed E-state index contributed by atoms with van der Waals surface area (Å²) in [4.78, 5) is 16.0. The molecule has 1 fully saturated rings. The van der Waals surface area contributed by atoms with Gasteiger partial charge in [-0.1, -0.05) is 18.6 Å². The molecular formula is C27H32FN3O. The lowest BCUT2D eigenvalue weighted by molar-refractivity contribution is 0.221. The van der Waals surface area contributed by atoms with E-state index >= 15 is 0 Å². The van der Waals surface area contributed by atoms with Crippen molar-refractivity contribution in [3.8, 4) is 0 Å². The van der Waals surface area contributed by atoms with E-state index in [4.69, 9.17) is 0 Å². The van der Waals surface area contributed by atoms with E-state index in [0.717, 1.165) is 61.1 Å². The molecule has 1 N–H and O–H groups in total. The summed E-state index contributed by atoms with van der Waals surface area (Å²) in [5.41, 5.74) is 5.67. The largest absolute Gasteiger partial charge is 0.308 e. The monoisotopic (exact) mass is 433 g/mol. The molecule has 0 saturated carbocycles. The summed E-state index contributed by atoms with van der Waals surface area (Å²) in [6, 6.07) is 13.2. The van der Waals surface area contributed by atoms with Crippen molar-refractivity contribution >= 4 is 10.9 Å². The summed E-state index contributed by atoms with van der Waals surface area (Å²) in [6.07, 6.45) is 7.28. The number of piperidine rings is 1. The number of aryl methyl sites for hydroxylation is 2. The first-order valence-electron chi connectivity index (χ1n) is 12.0. The molecule has 2 aromatic carbocycles. The smallest absolute Gasteiger partial charge is 0.255 e. The number of halogens is 1. The lowest BCUT2D eigenvalue weighted by Crippen LogP contribution is -2.36. The van der Waals surface area contributed by atoms with Crippen molar-refractivity contribution in [2.75, 3.05) is 19.6 Å². The maximum absolute atomic E-state index is 13.5. The Morgan fingerprint density at radius 3 is 2.50 bits per heavy atom. The molecule has 1 aliphatic carbocycles. The first-order chi connectivity index (χ1) is 15.7. The lowest BCUT2D eigenvalue weighted by Gasteiger charge is -2.27.